The second-order valence-electron chi connectivity index (χ2n) is 5.69. The van der Waals surface area contributed by atoms with Crippen molar-refractivity contribution in [3.05, 3.63) is 42.2 Å². The van der Waals surface area contributed by atoms with Crippen LogP contribution in [0.3, 0.4) is 0 Å². The van der Waals surface area contributed by atoms with E-state index in [0.717, 1.165) is 38.0 Å². The van der Waals surface area contributed by atoms with E-state index in [1.54, 1.807) is 6.20 Å². The molecular formula is C16H21N5O. The quantitative estimate of drug-likeness (QED) is 0.927. The Hall–Kier alpha value is -2.21. The molecule has 1 saturated heterocycles. The van der Waals surface area contributed by atoms with Gasteiger partial charge in [0.2, 0.25) is 0 Å². The van der Waals surface area contributed by atoms with E-state index in [1.807, 2.05) is 35.2 Å². The molecule has 0 spiro atoms. The van der Waals surface area contributed by atoms with E-state index in [2.05, 4.69) is 10.2 Å². The monoisotopic (exact) mass is 299 g/mol. The van der Waals surface area contributed by atoms with Crippen LogP contribution in [0.25, 0.3) is 5.69 Å². The maximum absolute atomic E-state index is 12.6. The van der Waals surface area contributed by atoms with Crippen LogP contribution in [0.15, 0.2) is 36.5 Å². The first kappa shape index (κ1) is 14.7. The topological polar surface area (TPSA) is 77.0 Å². The van der Waals surface area contributed by atoms with Crippen LogP contribution in [0, 0.1) is 5.92 Å². The van der Waals surface area contributed by atoms with Crippen molar-refractivity contribution >= 4 is 5.91 Å². The number of amides is 1. The number of nitrogens with zero attached hydrogens (tertiary/aromatic N) is 4. The van der Waals surface area contributed by atoms with Crippen LogP contribution < -0.4 is 5.73 Å². The standard InChI is InChI=1S/C16H21N5O/c17-9-8-13-5-4-10-20(12-13)16(22)15-11-18-21(19-15)14-6-2-1-3-7-14/h1-3,6-7,11,13H,4-5,8-10,12,17H2. The van der Waals surface area contributed by atoms with Gasteiger partial charge in [-0.3, -0.25) is 4.79 Å². The summed E-state index contributed by atoms with van der Waals surface area (Å²) in [7, 11) is 0. The van der Waals surface area contributed by atoms with Crippen LogP contribution in [0.2, 0.25) is 0 Å². The van der Waals surface area contributed by atoms with Crippen LogP contribution in [-0.4, -0.2) is 45.4 Å². The molecule has 1 atom stereocenters. The zero-order chi connectivity index (χ0) is 15.4. The minimum Gasteiger partial charge on any atom is -0.337 e. The van der Waals surface area contributed by atoms with E-state index in [0.29, 0.717) is 18.2 Å². The van der Waals surface area contributed by atoms with E-state index < -0.39 is 0 Å². The number of hydrogen-bond donors (Lipinski definition) is 1. The summed E-state index contributed by atoms with van der Waals surface area (Å²) < 4.78 is 0. The second kappa shape index (κ2) is 6.70. The van der Waals surface area contributed by atoms with Crippen LogP contribution in [0.4, 0.5) is 0 Å². The summed E-state index contributed by atoms with van der Waals surface area (Å²) in [5, 5.41) is 8.51. The SMILES string of the molecule is NCCC1CCCN(C(=O)c2cnn(-c3ccccc3)n2)C1. The number of carbonyl (C=O) groups excluding carboxylic acids is 1. The molecule has 2 aromatic rings. The first-order chi connectivity index (χ1) is 10.8. The van der Waals surface area contributed by atoms with Gasteiger partial charge in [0.15, 0.2) is 5.69 Å². The van der Waals surface area contributed by atoms with Gasteiger partial charge in [-0.25, -0.2) is 0 Å². The lowest BCUT2D eigenvalue weighted by Gasteiger charge is -2.32. The van der Waals surface area contributed by atoms with Crippen molar-refractivity contribution in [3.8, 4) is 5.69 Å². The molecule has 1 aliphatic rings. The molecule has 0 radical (unpaired) electrons. The van der Waals surface area contributed by atoms with E-state index in [4.69, 9.17) is 5.73 Å². The minimum absolute atomic E-state index is 0.0381. The molecule has 0 bridgehead atoms. The summed E-state index contributed by atoms with van der Waals surface area (Å²) in [5.41, 5.74) is 6.88. The van der Waals surface area contributed by atoms with Gasteiger partial charge in [-0.15, -0.1) is 5.10 Å². The Balaban J connectivity index is 1.71. The number of benzene rings is 1. The normalized spacial score (nSPS) is 18.4. The Morgan fingerprint density at radius 1 is 1.32 bits per heavy atom. The van der Waals surface area contributed by atoms with Crippen molar-refractivity contribution < 1.29 is 4.79 Å². The molecule has 116 valence electrons. The van der Waals surface area contributed by atoms with Gasteiger partial charge in [0.1, 0.15) is 0 Å². The van der Waals surface area contributed by atoms with E-state index in [1.165, 1.54) is 4.80 Å². The number of nitrogens with two attached hydrogens (primary N) is 1. The summed E-state index contributed by atoms with van der Waals surface area (Å²) in [6.07, 6.45) is 4.70. The number of para-hydroxylation sites is 1. The zero-order valence-corrected chi connectivity index (χ0v) is 12.6. The van der Waals surface area contributed by atoms with Crippen molar-refractivity contribution in [1.29, 1.82) is 0 Å². The van der Waals surface area contributed by atoms with E-state index in [-0.39, 0.29) is 5.91 Å². The average Bonchev–Trinajstić information content (AvgIpc) is 3.05. The Morgan fingerprint density at radius 2 is 2.14 bits per heavy atom. The molecular weight excluding hydrogens is 278 g/mol. The molecule has 1 fully saturated rings. The summed E-state index contributed by atoms with van der Waals surface area (Å²) in [5.74, 6) is 0.468. The van der Waals surface area contributed by atoms with Gasteiger partial charge in [-0.1, -0.05) is 18.2 Å². The predicted molar refractivity (Wildman–Crippen MR) is 83.7 cm³/mol. The Bertz CT molecular complexity index is 622. The van der Waals surface area contributed by atoms with Crippen molar-refractivity contribution in [3.63, 3.8) is 0 Å². The molecule has 1 amide bonds. The Kier molecular flexibility index (Phi) is 4.48. The molecule has 22 heavy (non-hydrogen) atoms. The lowest BCUT2D eigenvalue weighted by Crippen LogP contribution is -2.40. The number of rotatable bonds is 4. The molecule has 2 N–H and O–H groups in total. The highest BCUT2D eigenvalue weighted by atomic mass is 16.2. The van der Waals surface area contributed by atoms with Gasteiger partial charge in [0, 0.05) is 13.1 Å². The smallest absolute Gasteiger partial charge is 0.276 e. The molecule has 1 unspecified atom stereocenters. The van der Waals surface area contributed by atoms with Gasteiger partial charge in [0.25, 0.3) is 5.91 Å². The molecule has 3 rings (SSSR count). The zero-order valence-electron chi connectivity index (χ0n) is 12.6. The fourth-order valence-corrected chi connectivity index (χ4v) is 2.93. The van der Waals surface area contributed by atoms with Crippen LogP contribution >= 0.6 is 0 Å². The van der Waals surface area contributed by atoms with Crippen molar-refractivity contribution in [1.82, 2.24) is 19.9 Å². The fraction of sp³-hybridized carbons (Fsp3) is 0.438. The van der Waals surface area contributed by atoms with Gasteiger partial charge < -0.3 is 10.6 Å². The van der Waals surface area contributed by atoms with Crippen molar-refractivity contribution in [2.24, 2.45) is 11.7 Å². The molecule has 0 saturated carbocycles. The number of likely N-dealkylation sites (tertiary alicyclic amines) is 1. The van der Waals surface area contributed by atoms with Crippen LogP contribution in [0.1, 0.15) is 29.8 Å². The van der Waals surface area contributed by atoms with Crippen molar-refractivity contribution in [2.75, 3.05) is 19.6 Å². The lowest BCUT2D eigenvalue weighted by molar-refractivity contribution is 0.0663. The lowest BCUT2D eigenvalue weighted by atomic mass is 9.95. The summed E-state index contributed by atoms with van der Waals surface area (Å²) >= 11 is 0. The van der Waals surface area contributed by atoms with Crippen LogP contribution in [0.5, 0.6) is 0 Å². The molecule has 1 aromatic heterocycles. The third kappa shape index (κ3) is 3.17. The third-order valence-corrected chi connectivity index (χ3v) is 4.08. The van der Waals surface area contributed by atoms with Gasteiger partial charge in [-0.2, -0.15) is 9.90 Å². The highest BCUT2D eigenvalue weighted by molar-refractivity contribution is 5.92. The molecule has 1 aliphatic heterocycles. The van der Waals surface area contributed by atoms with Crippen LogP contribution in [-0.2, 0) is 0 Å². The number of carbonyl (C=O) groups is 1. The third-order valence-electron chi connectivity index (χ3n) is 4.08. The highest BCUT2D eigenvalue weighted by Crippen LogP contribution is 2.20. The van der Waals surface area contributed by atoms with Gasteiger partial charge in [-0.05, 0) is 43.9 Å². The maximum Gasteiger partial charge on any atom is 0.276 e. The van der Waals surface area contributed by atoms with Gasteiger partial charge in [0.05, 0.1) is 11.9 Å². The Labute approximate surface area is 129 Å². The molecule has 6 heteroatoms. The Morgan fingerprint density at radius 3 is 2.91 bits per heavy atom. The second-order valence-corrected chi connectivity index (χ2v) is 5.69. The highest BCUT2D eigenvalue weighted by Gasteiger charge is 2.25. The first-order valence-corrected chi connectivity index (χ1v) is 7.75. The first-order valence-electron chi connectivity index (χ1n) is 7.75. The summed E-state index contributed by atoms with van der Waals surface area (Å²) in [6, 6.07) is 9.59. The fourth-order valence-electron chi connectivity index (χ4n) is 2.93. The molecule has 6 nitrogen and oxygen atoms in total. The largest absolute Gasteiger partial charge is 0.337 e. The van der Waals surface area contributed by atoms with E-state index in [9.17, 15) is 4.79 Å². The van der Waals surface area contributed by atoms with Gasteiger partial charge >= 0.3 is 0 Å². The average molecular weight is 299 g/mol. The molecule has 1 aromatic carbocycles. The number of aromatic nitrogens is 3. The van der Waals surface area contributed by atoms with Crippen molar-refractivity contribution in [2.45, 2.75) is 19.3 Å². The minimum atomic E-state index is -0.0381. The molecule has 2 heterocycles. The summed E-state index contributed by atoms with van der Waals surface area (Å²) in [6.45, 7) is 2.24. The summed E-state index contributed by atoms with van der Waals surface area (Å²) in [4.78, 5) is 15.9. The predicted octanol–water partition coefficient (Wildman–Crippen LogP) is 1.47. The number of piperidine rings is 1. The molecule has 0 aliphatic carbocycles. The maximum atomic E-state index is 12.6. The number of hydrogen-bond acceptors (Lipinski definition) is 4. The van der Waals surface area contributed by atoms with E-state index >= 15 is 0 Å².